The SMILES string of the molecule is Cc1c([O-])on[n+]1CCCN(C)C.Cl. The van der Waals surface area contributed by atoms with E-state index in [1.54, 1.807) is 11.6 Å². The standard InChI is InChI=1S/C8H15N3O2.ClH/c1-7-8(12)13-9-11(7)6-4-5-10(2)3;/h4-6H2,1-3H3;1H. The Morgan fingerprint density at radius 1 is 1.50 bits per heavy atom. The molecule has 1 aromatic rings. The lowest BCUT2D eigenvalue weighted by atomic mass is 10.4. The van der Waals surface area contributed by atoms with Gasteiger partial charge in [-0.2, -0.15) is 0 Å². The predicted octanol–water partition coefficient (Wildman–Crippen LogP) is -0.282. The van der Waals surface area contributed by atoms with Crippen molar-refractivity contribution in [3.8, 4) is 5.95 Å². The number of nitrogens with zero attached hydrogens (tertiary/aromatic N) is 3. The Labute approximate surface area is 89.7 Å². The average Bonchev–Trinajstić information content (AvgIpc) is 2.35. The van der Waals surface area contributed by atoms with Crippen LogP contribution in [0.1, 0.15) is 12.1 Å². The van der Waals surface area contributed by atoms with Crippen LogP contribution in [0.5, 0.6) is 5.95 Å². The Balaban J connectivity index is 0.00000169. The monoisotopic (exact) mass is 221 g/mol. The van der Waals surface area contributed by atoms with Crippen LogP contribution in [-0.4, -0.2) is 30.8 Å². The summed E-state index contributed by atoms with van der Waals surface area (Å²) in [6.07, 6.45) is 0.963. The average molecular weight is 222 g/mol. The Hall–Kier alpha value is -0.810. The first-order chi connectivity index (χ1) is 6.11. The molecule has 0 aliphatic heterocycles. The van der Waals surface area contributed by atoms with E-state index in [0.717, 1.165) is 19.5 Å². The van der Waals surface area contributed by atoms with Crippen LogP contribution in [0.3, 0.4) is 0 Å². The van der Waals surface area contributed by atoms with Crippen LogP contribution < -0.4 is 9.79 Å². The maximum Gasteiger partial charge on any atom is 0.230 e. The zero-order valence-corrected chi connectivity index (χ0v) is 9.50. The third kappa shape index (κ3) is 3.51. The maximum absolute atomic E-state index is 10.9. The van der Waals surface area contributed by atoms with E-state index < -0.39 is 0 Å². The van der Waals surface area contributed by atoms with Crippen LogP contribution in [0.15, 0.2) is 4.52 Å². The normalized spacial score (nSPS) is 10.3. The molecule has 0 atom stereocenters. The van der Waals surface area contributed by atoms with Gasteiger partial charge in [0.1, 0.15) is 0 Å². The van der Waals surface area contributed by atoms with E-state index in [0.29, 0.717) is 5.69 Å². The fourth-order valence-corrected chi connectivity index (χ4v) is 1.06. The van der Waals surface area contributed by atoms with Crippen molar-refractivity contribution >= 4 is 12.4 Å². The number of aromatic nitrogens is 2. The zero-order valence-electron chi connectivity index (χ0n) is 8.69. The lowest BCUT2D eigenvalue weighted by Crippen LogP contribution is -2.39. The molecule has 0 spiro atoms. The second-order valence-electron chi connectivity index (χ2n) is 3.33. The Morgan fingerprint density at radius 3 is 2.57 bits per heavy atom. The molecule has 82 valence electrons. The van der Waals surface area contributed by atoms with Gasteiger partial charge in [-0.05, 0) is 14.1 Å². The van der Waals surface area contributed by atoms with E-state index in [2.05, 4.69) is 14.7 Å². The van der Waals surface area contributed by atoms with Crippen molar-refractivity contribution < 1.29 is 14.3 Å². The van der Waals surface area contributed by atoms with Gasteiger partial charge in [0.2, 0.25) is 5.69 Å². The molecule has 0 saturated carbocycles. The van der Waals surface area contributed by atoms with E-state index in [4.69, 9.17) is 0 Å². The topological polar surface area (TPSA) is 56.2 Å². The molecule has 0 bridgehead atoms. The van der Waals surface area contributed by atoms with Crippen molar-refractivity contribution in [1.82, 2.24) is 10.2 Å². The molecule has 0 unspecified atom stereocenters. The quantitative estimate of drug-likeness (QED) is 0.657. The predicted molar refractivity (Wildman–Crippen MR) is 51.3 cm³/mol. The molecule has 1 rings (SSSR count). The summed E-state index contributed by atoms with van der Waals surface area (Å²) in [5.41, 5.74) is 0.568. The van der Waals surface area contributed by atoms with Gasteiger partial charge in [0, 0.05) is 19.9 Å². The number of aryl methyl sites for hydroxylation is 1. The molecule has 0 aliphatic carbocycles. The summed E-state index contributed by atoms with van der Waals surface area (Å²) >= 11 is 0. The van der Waals surface area contributed by atoms with Crippen LogP contribution in [0.25, 0.3) is 0 Å². The van der Waals surface area contributed by atoms with E-state index in [1.807, 2.05) is 14.1 Å². The highest BCUT2D eigenvalue weighted by Gasteiger charge is 2.10. The molecular weight excluding hydrogens is 206 g/mol. The van der Waals surface area contributed by atoms with Crippen molar-refractivity contribution in [2.24, 2.45) is 0 Å². The Kier molecular flexibility index (Phi) is 5.49. The molecule has 0 aromatic carbocycles. The molecule has 0 amide bonds. The highest BCUT2D eigenvalue weighted by Crippen LogP contribution is 2.03. The largest absolute Gasteiger partial charge is 0.539 e. The second kappa shape index (κ2) is 5.82. The highest BCUT2D eigenvalue weighted by molar-refractivity contribution is 5.85. The number of hydrogen-bond acceptors (Lipinski definition) is 4. The van der Waals surface area contributed by atoms with Gasteiger partial charge in [0.15, 0.2) is 12.5 Å². The van der Waals surface area contributed by atoms with Crippen molar-refractivity contribution in [2.45, 2.75) is 19.9 Å². The summed E-state index contributed by atoms with van der Waals surface area (Å²) in [5.74, 6) is -0.343. The minimum absolute atomic E-state index is 0. The fraction of sp³-hybridized carbons (Fsp3) is 0.750. The highest BCUT2D eigenvalue weighted by atomic mass is 35.5. The lowest BCUT2D eigenvalue weighted by Gasteiger charge is -2.05. The summed E-state index contributed by atoms with van der Waals surface area (Å²) in [7, 11) is 4.03. The molecular formula is C8H16ClN3O2. The van der Waals surface area contributed by atoms with Crippen molar-refractivity contribution in [3.63, 3.8) is 0 Å². The van der Waals surface area contributed by atoms with Crippen molar-refractivity contribution in [1.29, 1.82) is 0 Å². The van der Waals surface area contributed by atoms with Gasteiger partial charge >= 0.3 is 0 Å². The zero-order chi connectivity index (χ0) is 9.84. The Morgan fingerprint density at radius 2 is 2.14 bits per heavy atom. The van der Waals surface area contributed by atoms with Gasteiger partial charge < -0.3 is 14.5 Å². The van der Waals surface area contributed by atoms with Crippen LogP contribution in [-0.2, 0) is 6.54 Å². The van der Waals surface area contributed by atoms with E-state index in [-0.39, 0.29) is 18.4 Å². The summed E-state index contributed by atoms with van der Waals surface area (Å²) in [6, 6.07) is 0. The van der Waals surface area contributed by atoms with E-state index >= 15 is 0 Å². The molecule has 1 heterocycles. The molecule has 5 nitrogen and oxygen atoms in total. The number of rotatable bonds is 4. The third-order valence-electron chi connectivity index (χ3n) is 1.88. The minimum atomic E-state index is -0.343. The van der Waals surface area contributed by atoms with Gasteiger partial charge in [-0.25, -0.2) is 0 Å². The first-order valence-corrected chi connectivity index (χ1v) is 4.29. The van der Waals surface area contributed by atoms with E-state index in [9.17, 15) is 5.11 Å². The molecule has 0 saturated heterocycles. The molecule has 14 heavy (non-hydrogen) atoms. The Bertz CT molecular complexity index is 276. The second-order valence-corrected chi connectivity index (χ2v) is 3.33. The van der Waals surface area contributed by atoms with Gasteiger partial charge in [-0.3, -0.25) is 0 Å². The van der Waals surface area contributed by atoms with E-state index in [1.165, 1.54) is 0 Å². The van der Waals surface area contributed by atoms with Gasteiger partial charge in [-0.1, -0.05) is 4.68 Å². The van der Waals surface area contributed by atoms with Crippen LogP contribution in [0.4, 0.5) is 0 Å². The fourth-order valence-electron chi connectivity index (χ4n) is 1.06. The van der Waals surface area contributed by atoms with Gasteiger partial charge in [-0.15, -0.1) is 12.4 Å². The summed E-state index contributed by atoms with van der Waals surface area (Å²) in [5, 5.41) is 14.5. The molecule has 0 radical (unpaired) electrons. The van der Waals surface area contributed by atoms with Crippen LogP contribution in [0.2, 0.25) is 0 Å². The first-order valence-electron chi connectivity index (χ1n) is 4.29. The van der Waals surface area contributed by atoms with Crippen molar-refractivity contribution in [2.75, 3.05) is 20.6 Å². The summed E-state index contributed by atoms with van der Waals surface area (Å²) in [4.78, 5) is 2.09. The molecule has 0 fully saturated rings. The molecule has 1 aromatic heterocycles. The number of halogens is 1. The van der Waals surface area contributed by atoms with Gasteiger partial charge in [0.05, 0.1) is 5.27 Å². The van der Waals surface area contributed by atoms with Gasteiger partial charge in [0.25, 0.3) is 0 Å². The smallest absolute Gasteiger partial charge is 0.230 e. The van der Waals surface area contributed by atoms with Crippen LogP contribution in [0, 0.1) is 6.92 Å². The lowest BCUT2D eigenvalue weighted by molar-refractivity contribution is -0.767. The summed E-state index contributed by atoms with van der Waals surface area (Å²) < 4.78 is 6.10. The first kappa shape index (κ1) is 13.2. The number of hydrogen-bond donors (Lipinski definition) is 0. The van der Waals surface area contributed by atoms with Crippen LogP contribution >= 0.6 is 12.4 Å². The molecule has 6 heteroatoms. The third-order valence-corrected chi connectivity index (χ3v) is 1.88. The minimum Gasteiger partial charge on any atom is -0.539 e. The molecule has 0 aliphatic rings. The maximum atomic E-state index is 10.9. The molecule has 0 N–H and O–H groups in total. The summed E-state index contributed by atoms with van der Waals surface area (Å²) in [6.45, 7) is 3.43. The van der Waals surface area contributed by atoms with Crippen molar-refractivity contribution in [3.05, 3.63) is 5.69 Å².